The van der Waals surface area contributed by atoms with Crippen LogP contribution in [0.2, 0.25) is 0 Å². The van der Waals surface area contributed by atoms with Crippen molar-refractivity contribution in [3.8, 4) is 0 Å². The molecule has 0 aliphatic carbocycles. The van der Waals surface area contributed by atoms with Crippen LogP contribution in [0.25, 0.3) is 0 Å². The van der Waals surface area contributed by atoms with Crippen LogP contribution in [0.1, 0.15) is 55.5 Å². The van der Waals surface area contributed by atoms with Gasteiger partial charge in [-0.05, 0) is 37.0 Å². The van der Waals surface area contributed by atoms with Crippen LogP contribution in [-0.4, -0.2) is 12.5 Å². The maximum Gasteiger partial charge on any atom is 0.416 e. The summed E-state index contributed by atoms with van der Waals surface area (Å²) in [5, 5.41) is 2.74. The Morgan fingerprint density at radius 2 is 1.81 bits per heavy atom. The topological polar surface area (TPSA) is 29.1 Å². The Morgan fingerprint density at radius 3 is 2.33 bits per heavy atom. The zero-order chi connectivity index (χ0) is 15.9. The molecule has 0 saturated carbocycles. The van der Waals surface area contributed by atoms with E-state index in [0.717, 1.165) is 37.8 Å². The van der Waals surface area contributed by atoms with Crippen molar-refractivity contribution in [1.82, 2.24) is 5.32 Å². The fourth-order valence-electron chi connectivity index (χ4n) is 2.34. The van der Waals surface area contributed by atoms with Gasteiger partial charge in [0.15, 0.2) is 0 Å². The summed E-state index contributed by atoms with van der Waals surface area (Å²) in [4.78, 5) is 12.0. The van der Waals surface area contributed by atoms with Gasteiger partial charge in [-0.15, -0.1) is 0 Å². The third-order valence-corrected chi connectivity index (χ3v) is 3.40. The number of hydrogen-bond donors (Lipinski definition) is 1. The molecule has 0 fully saturated rings. The van der Waals surface area contributed by atoms with Gasteiger partial charge in [0.1, 0.15) is 0 Å². The van der Waals surface area contributed by atoms with Crippen molar-refractivity contribution in [1.29, 1.82) is 0 Å². The summed E-state index contributed by atoms with van der Waals surface area (Å²) in [5.74, 6) is -0.0620. The van der Waals surface area contributed by atoms with Gasteiger partial charge in [0.2, 0.25) is 0 Å². The Balaban J connectivity index is 2.67. The second kappa shape index (κ2) is 8.05. The standard InChI is InChI=1S/C16H22F3NO/c1-3-6-12(7-4-2)11-20-15(21)13-8-5-9-14(10-13)16(17,18)19/h5,8-10,12H,3-4,6-7,11H2,1-2H3,(H,20,21). The number of hydrogen-bond acceptors (Lipinski definition) is 1. The summed E-state index contributed by atoms with van der Waals surface area (Å²) in [6, 6.07) is 4.52. The number of benzene rings is 1. The number of carbonyl (C=O) groups is 1. The first kappa shape index (κ1) is 17.5. The third-order valence-electron chi connectivity index (χ3n) is 3.40. The molecular weight excluding hydrogens is 279 g/mol. The Morgan fingerprint density at radius 1 is 1.19 bits per heavy atom. The minimum atomic E-state index is -4.43. The first-order valence-electron chi connectivity index (χ1n) is 7.33. The number of carbonyl (C=O) groups excluding carboxylic acids is 1. The van der Waals surface area contributed by atoms with Crippen molar-refractivity contribution in [2.75, 3.05) is 6.54 Å². The molecule has 0 heterocycles. The van der Waals surface area contributed by atoms with Gasteiger partial charge in [0, 0.05) is 12.1 Å². The molecule has 0 unspecified atom stereocenters. The molecule has 2 nitrogen and oxygen atoms in total. The van der Waals surface area contributed by atoms with Crippen molar-refractivity contribution in [2.24, 2.45) is 5.92 Å². The molecule has 21 heavy (non-hydrogen) atoms. The molecule has 0 radical (unpaired) electrons. The lowest BCUT2D eigenvalue weighted by molar-refractivity contribution is -0.137. The SMILES string of the molecule is CCCC(CCC)CNC(=O)c1cccc(C(F)(F)F)c1. The molecule has 5 heteroatoms. The van der Waals surface area contributed by atoms with E-state index in [0.29, 0.717) is 12.5 Å². The summed E-state index contributed by atoms with van der Waals surface area (Å²) in [5.41, 5.74) is -0.745. The quantitative estimate of drug-likeness (QED) is 0.780. The van der Waals surface area contributed by atoms with Gasteiger partial charge in [0.05, 0.1) is 5.56 Å². The highest BCUT2D eigenvalue weighted by molar-refractivity contribution is 5.94. The summed E-state index contributed by atoms with van der Waals surface area (Å²) in [6.45, 7) is 4.67. The number of alkyl halides is 3. The Bertz CT molecular complexity index is 451. The average Bonchev–Trinajstić information content (AvgIpc) is 2.44. The Hall–Kier alpha value is -1.52. The lowest BCUT2D eigenvalue weighted by atomic mass is 9.98. The zero-order valence-corrected chi connectivity index (χ0v) is 12.5. The van der Waals surface area contributed by atoms with Crippen molar-refractivity contribution in [2.45, 2.75) is 45.7 Å². The molecule has 1 N–H and O–H groups in total. The zero-order valence-electron chi connectivity index (χ0n) is 12.5. The van der Waals surface area contributed by atoms with E-state index in [4.69, 9.17) is 0 Å². The van der Waals surface area contributed by atoms with E-state index in [9.17, 15) is 18.0 Å². The summed E-state index contributed by atoms with van der Waals surface area (Å²) in [7, 11) is 0. The summed E-state index contributed by atoms with van der Waals surface area (Å²) in [6.07, 6.45) is -0.342. The number of amides is 1. The van der Waals surface area contributed by atoms with Gasteiger partial charge in [0.25, 0.3) is 5.91 Å². The minimum Gasteiger partial charge on any atom is -0.352 e. The van der Waals surface area contributed by atoms with E-state index < -0.39 is 17.6 Å². The smallest absolute Gasteiger partial charge is 0.352 e. The van der Waals surface area contributed by atoms with Crippen LogP contribution in [-0.2, 0) is 6.18 Å². The van der Waals surface area contributed by atoms with Gasteiger partial charge in [-0.3, -0.25) is 4.79 Å². The molecule has 118 valence electrons. The van der Waals surface area contributed by atoms with Gasteiger partial charge in [-0.25, -0.2) is 0 Å². The molecule has 1 rings (SSSR count). The molecule has 0 aliphatic heterocycles. The monoisotopic (exact) mass is 301 g/mol. The minimum absolute atomic E-state index is 0.0524. The van der Waals surface area contributed by atoms with Crippen LogP contribution in [0.4, 0.5) is 13.2 Å². The van der Waals surface area contributed by atoms with Gasteiger partial charge in [-0.1, -0.05) is 32.8 Å². The Labute approximate surface area is 123 Å². The van der Waals surface area contributed by atoms with Crippen molar-refractivity contribution < 1.29 is 18.0 Å². The van der Waals surface area contributed by atoms with Gasteiger partial charge < -0.3 is 5.32 Å². The van der Waals surface area contributed by atoms with E-state index in [1.54, 1.807) is 0 Å². The van der Waals surface area contributed by atoms with Crippen LogP contribution in [0.3, 0.4) is 0 Å². The molecule has 1 aromatic rings. The molecule has 0 saturated heterocycles. The highest BCUT2D eigenvalue weighted by Gasteiger charge is 2.30. The van der Waals surface area contributed by atoms with Crippen molar-refractivity contribution >= 4 is 5.91 Å². The molecule has 0 aliphatic rings. The molecular formula is C16H22F3NO. The highest BCUT2D eigenvalue weighted by atomic mass is 19.4. The van der Waals surface area contributed by atoms with E-state index in [2.05, 4.69) is 19.2 Å². The number of halogens is 3. The first-order chi connectivity index (χ1) is 9.88. The van der Waals surface area contributed by atoms with Crippen LogP contribution < -0.4 is 5.32 Å². The summed E-state index contributed by atoms with van der Waals surface area (Å²) >= 11 is 0. The molecule has 0 atom stereocenters. The fraction of sp³-hybridized carbons (Fsp3) is 0.562. The largest absolute Gasteiger partial charge is 0.416 e. The van der Waals surface area contributed by atoms with E-state index in [1.165, 1.54) is 12.1 Å². The van der Waals surface area contributed by atoms with E-state index >= 15 is 0 Å². The van der Waals surface area contributed by atoms with Crippen molar-refractivity contribution in [3.05, 3.63) is 35.4 Å². The molecule has 0 bridgehead atoms. The molecule has 1 aromatic carbocycles. The van der Waals surface area contributed by atoms with Crippen LogP contribution >= 0.6 is 0 Å². The van der Waals surface area contributed by atoms with E-state index in [1.807, 2.05) is 0 Å². The molecule has 0 aromatic heterocycles. The molecule has 1 amide bonds. The lowest BCUT2D eigenvalue weighted by Crippen LogP contribution is -2.29. The maximum atomic E-state index is 12.6. The third kappa shape index (κ3) is 5.78. The van der Waals surface area contributed by atoms with E-state index in [-0.39, 0.29) is 5.56 Å². The number of rotatable bonds is 7. The van der Waals surface area contributed by atoms with Gasteiger partial charge >= 0.3 is 6.18 Å². The summed E-state index contributed by atoms with van der Waals surface area (Å²) < 4.78 is 37.8. The second-order valence-corrected chi connectivity index (χ2v) is 5.23. The van der Waals surface area contributed by atoms with Crippen molar-refractivity contribution in [3.63, 3.8) is 0 Å². The second-order valence-electron chi connectivity index (χ2n) is 5.23. The normalized spacial score (nSPS) is 11.7. The highest BCUT2D eigenvalue weighted by Crippen LogP contribution is 2.29. The van der Waals surface area contributed by atoms with Crippen LogP contribution in [0.15, 0.2) is 24.3 Å². The maximum absolute atomic E-state index is 12.6. The predicted molar refractivity (Wildman–Crippen MR) is 77.1 cm³/mol. The fourth-order valence-corrected chi connectivity index (χ4v) is 2.34. The Kier molecular flexibility index (Phi) is 6.72. The predicted octanol–water partition coefficient (Wildman–Crippen LogP) is 4.65. The van der Waals surface area contributed by atoms with Crippen LogP contribution in [0.5, 0.6) is 0 Å². The molecule has 0 spiro atoms. The van der Waals surface area contributed by atoms with Gasteiger partial charge in [-0.2, -0.15) is 13.2 Å². The number of nitrogens with one attached hydrogen (secondary N) is 1. The lowest BCUT2D eigenvalue weighted by Gasteiger charge is -2.16. The first-order valence-corrected chi connectivity index (χ1v) is 7.33. The van der Waals surface area contributed by atoms with Crippen LogP contribution in [0, 0.1) is 5.92 Å². The average molecular weight is 301 g/mol.